The fourth-order valence-corrected chi connectivity index (χ4v) is 4.28. The first-order valence-electron chi connectivity index (χ1n) is 11.5. The summed E-state index contributed by atoms with van der Waals surface area (Å²) in [6.07, 6.45) is 4.33. The Morgan fingerprint density at radius 3 is 2.59 bits per heavy atom. The Labute approximate surface area is 205 Å². The zero-order chi connectivity index (χ0) is 24.1. The Hall–Kier alpha value is -3.56. The standard InChI is InChI=1S/C27H28ClN5O/c1-19-7-9-21(10-8-19)26(34)25-24(18-29)27(33(31-25)23-13-11-22(28)12-14-23)30-15-5-17-32-16-4-3-6-20(32)2/h7-14,30H,2-6,15-17H2,1H3. The molecule has 0 radical (unpaired) electrons. The van der Waals surface area contributed by atoms with E-state index in [-0.39, 0.29) is 17.0 Å². The number of benzene rings is 2. The first kappa shape index (κ1) is 23.6. The van der Waals surface area contributed by atoms with Crippen molar-refractivity contribution in [1.82, 2.24) is 14.7 Å². The molecule has 7 heteroatoms. The molecule has 2 heterocycles. The van der Waals surface area contributed by atoms with Crippen LogP contribution in [0.2, 0.25) is 5.02 Å². The Kier molecular flexibility index (Phi) is 7.34. The van der Waals surface area contributed by atoms with Gasteiger partial charge in [0.2, 0.25) is 5.78 Å². The molecular formula is C27H28ClN5O. The largest absolute Gasteiger partial charge is 0.375 e. The number of ketones is 1. The van der Waals surface area contributed by atoms with Crippen molar-refractivity contribution < 1.29 is 4.79 Å². The second-order valence-corrected chi connectivity index (χ2v) is 8.99. The maximum Gasteiger partial charge on any atom is 0.214 e. The van der Waals surface area contributed by atoms with Crippen molar-refractivity contribution in [3.63, 3.8) is 0 Å². The van der Waals surface area contributed by atoms with Crippen molar-refractivity contribution in [1.29, 1.82) is 5.26 Å². The van der Waals surface area contributed by atoms with Gasteiger partial charge in [-0.1, -0.05) is 48.0 Å². The topological polar surface area (TPSA) is 74.0 Å². The summed E-state index contributed by atoms with van der Waals surface area (Å²) in [5, 5.41) is 18.6. The van der Waals surface area contributed by atoms with E-state index in [0.717, 1.165) is 37.2 Å². The highest BCUT2D eigenvalue weighted by molar-refractivity contribution is 6.30. The molecule has 1 N–H and O–H groups in total. The summed E-state index contributed by atoms with van der Waals surface area (Å²) in [7, 11) is 0. The van der Waals surface area contributed by atoms with Gasteiger partial charge in [0.25, 0.3) is 0 Å². The second kappa shape index (κ2) is 10.6. The predicted molar refractivity (Wildman–Crippen MR) is 136 cm³/mol. The van der Waals surface area contributed by atoms with Crippen LogP contribution in [0, 0.1) is 18.3 Å². The molecule has 0 atom stereocenters. The molecule has 3 aromatic rings. The third-order valence-corrected chi connectivity index (χ3v) is 6.34. The van der Waals surface area contributed by atoms with Crippen LogP contribution in [0.1, 0.15) is 52.9 Å². The first-order chi connectivity index (χ1) is 16.5. The number of nitriles is 1. The summed E-state index contributed by atoms with van der Waals surface area (Å²) < 4.78 is 1.62. The second-order valence-electron chi connectivity index (χ2n) is 8.56. The SMILES string of the molecule is C=C1CCCCN1CCCNc1c(C#N)c(C(=O)c2ccc(C)cc2)nn1-c1ccc(Cl)cc1. The summed E-state index contributed by atoms with van der Waals surface area (Å²) in [5.74, 6) is 0.231. The van der Waals surface area contributed by atoms with Crippen LogP contribution in [0.25, 0.3) is 5.69 Å². The van der Waals surface area contributed by atoms with Crippen molar-refractivity contribution in [3.8, 4) is 11.8 Å². The van der Waals surface area contributed by atoms with Gasteiger partial charge in [-0.2, -0.15) is 10.4 Å². The molecule has 174 valence electrons. The summed E-state index contributed by atoms with van der Waals surface area (Å²) in [5.41, 5.74) is 3.84. The lowest BCUT2D eigenvalue weighted by Crippen LogP contribution is -2.29. The van der Waals surface area contributed by atoms with Crippen LogP contribution in [0.5, 0.6) is 0 Å². The molecule has 0 amide bonds. The Balaban J connectivity index is 1.62. The number of hydrogen-bond acceptors (Lipinski definition) is 5. The van der Waals surface area contributed by atoms with Gasteiger partial charge in [0.1, 0.15) is 17.5 Å². The first-order valence-corrected chi connectivity index (χ1v) is 11.9. The molecule has 0 unspecified atom stereocenters. The van der Waals surface area contributed by atoms with E-state index in [1.165, 1.54) is 18.5 Å². The molecule has 4 rings (SSSR count). The van der Waals surface area contributed by atoms with Gasteiger partial charge < -0.3 is 10.2 Å². The van der Waals surface area contributed by atoms with Gasteiger partial charge in [0, 0.05) is 35.9 Å². The summed E-state index contributed by atoms with van der Waals surface area (Å²) in [6, 6.07) is 16.7. The van der Waals surface area contributed by atoms with E-state index in [1.54, 1.807) is 28.9 Å². The Morgan fingerprint density at radius 1 is 1.18 bits per heavy atom. The number of piperidine rings is 1. The highest BCUT2D eigenvalue weighted by atomic mass is 35.5. The average Bonchev–Trinajstić information content (AvgIpc) is 3.21. The lowest BCUT2D eigenvalue weighted by atomic mass is 10.0. The number of halogens is 1. The van der Waals surface area contributed by atoms with Gasteiger partial charge in [-0.05, 0) is 56.9 Å². The lowest BCUT2D eigenvalue weighted by molar-refractivity contribution is 0.103. The third kappa shape index (κ3) is 5.16. The number of likely N-dealkylation sites (tertiary alicyclic amines) is 1. The quantitative estimate of drug-likeness (QED) is 0.333. The van der Waals surface area contributed by atoms with E-state index in [0.29, 0.717) is 22.9 Å². The maximum absolute atomic E-state index is 13.3. The minimum atomic E-state index is -0.281. The van der Waals surface area contributed by atoms with Crippen molar-refractivity contribution in [2.75, 3.05) is 25.0 Å². The number of hydrogen-bond donors (Lipinski definition) is 1. The molecule has 34 heavy (non-hydrogen) atoms. The summed E-state index contributed by atoms with van der Waals surface area (Å²) in [4.78, 5) is 15.6. The number of anilines is 1. The predicted octanol–water partition coefficient (Wildman–Crippen LogP) is 5.74. The molecule has 0 spiro atoms. The van der Waals surface area contributed by atoms with Crippen LogP contribution in [0.3, 0.4) is 0 Å². The molecule has 1 saturated heterocycles. The lowest BCUT2D eigenvalue weighted by Gasteiger charge is -2.31. The van der Waals surface area contributed by atoms with Gasteiger partial charge in [0.05, 0.1) is 5.69 Å². The molecule has 0 bridgehead atoms. The molecule has 2 aromatic carbocycles. The monoisotopic (exact) mass is 473 g/mol. The van der Waals surface area contributed by atoms with Gasteiger partial charge in [-0.3, -0.25) is 4.79 Å². The molecule has 6 nitrogen and oxygen atoms in total. The molecule has 1 fully saturated rings. The smallest absolute Gasteiger partial charge is 0.214 e. The van der Waals surface area contributed by atoms with E-state index in [9.17, 15) is 10.1 Å². The van der Waals surface area contributed by atoms with Crippen molar-refractivity contribution >= 4 is 23.2 Å². The minimum Gasteiger partial charge on any atom is -0.375 e. The van der Waals surface area contributed by atoms with E-state index < -0.39 is 0 Å². The van der Waals surface area contributed by atoms with Crippen LogP contribution in [-0.4, -0.2) is 40.1 Å². The van der Waals surface area contributed by atoms with E-state index in [1.807, 2.05) is 31.2 Å². The van der Waals surface area contributed by atoms with Crippen LogP contribution in [0.4, 0.5) is 5.82 Å². The highest BCUT2D eigenvalue weighted by Gasteiger charge is 2.25. The number of aryl methyl sites for hydroxylation is 1. The molecule has 0 saturated carbocycles. The average molecular weight is 474 g/mol. The van der Waals surface area contributed by atoms with Gasteiger partial charge in [0.15, 0.2) is 5.69 Å². The van der Waals surface area contributed by atoms with Crippen LogP contribution in [-0.2, 0) is 0 Å². The summed E-state index contributed by atoms with van der Waals surface area (Å²) >= 11 is 6.07. The highest BCUT2D eigenvalue weighted by Crippen LogP contribution is 2.27. The zero-order valence-corrected chi connectivity index (χ0v) is 20.1. The van der Waals surface area contributed by atoms with Crippen molar-refractivity contribution in [3.05, 3.63) is 88.2 Å². The zero-order valence-electron chi connectivity index (χ0n) is 19.4. The Bertz CT molecular complexity index is 1220. The van der Waals surface area contributed by atoms with E-state index >= 15 is 0 Å². The van der Waals surface area contributed by atoms with Gasteiger partial charge >= 0.3 is 0 Å². The van der Waals surface area contributed by atoms with Crippen LogP contribution >= 0.6 is 11.6 Å². The number of nitrogens with zero attached hydrogens (tertiary/aromatic N) is 4. The summed E-state index contributed by atoms with van der Waals surface area (Å²) in [6.45, 7) is 8.72. The fraction of sp³-hybridized carbons (Fsp3) is 0.296. The van der Waals surface area contributed by atoms with Gasteiger partial charge in [-0.15, -0.1) is 0 Å². The van der Waals surface area contributed by atoms with E-state index in [2.05, 4.69) is 28.0 Å². The molecule has 1 aliphatic rings. The number of nitrogens with one attached hydrogen (secondary N) is 1. The maximum atomic E-state index is 13.3. The Morgan fingerprint density at radius 2 is 1.91 bits per heavy atom. The molecule has 1 aliphatic heterocycles. The minimum absolute atomic E-state index is 0.133. The number of carbonyl (C=O) groups excluding carboxylic acids is 1. The molecule has 0 aliphatic carbocycles. The number of carbonyl (C=O) groups is 1. The number of rotatable bonds is 8. The number of aromatic nitrogens is 2. The number of allylic oxidation sites excluding steroid dienone is 1. The van der Waals surface area contributed by atoms with Crippen molar-refractivity contribution in [2.45, 2.75) is 32.6 Å². The molecule has 1 aromatic heterocycles. The van der Waals surface area contributed by atoms with Crippen molar-refractivity contribution in [2.24, 2.45) is 0 Å². The van der Waals surface area contributed by atoms with Crippen LogP contribution < -0.4 is 5.32 Å². The fourth-order valence-electron chi connectivity index (χ4n) is 4.15. The molecular weight excluding hydrogens is 446 g/mol. The van der Waals surface area contributed by atoms with E-state index in [4.69, 9.17) is 11.6 Å². The normalized spacial score (nSPS) is 13.6. The van der Waals surface area contributed by atoms with Gasteiger partial charge in [-0.25, -0.2) is 4.68 Å². The van der Waals surface area contributed by atoms with Crippen LogP contribution in [0.15, 0.2) is 60.8 Å². The third-order valence-electron chi connectivity index (χ3n) is 6.09.